The van der Waals surface area contributed by atoms with E-state index in [0.29, 0.717) is 40.2 Å². The minimum absolute atomic E-state index is 0.0399. The van der Waals surface area contributed by atoms with Crippen molar-refractivity contribution in [3.8, 4) is 11.1 Å². The highest BCUT2D eigenvalue weighted by molar-refractivity contribution is 6.19. The Labute approximate surface area is 319 Å². The predicted molar refractivity (Wildman–Crippen MR) is 205 cm³/mol. The first-order valence-corrected chi connectivity index (χ1v) is 18.1. The monoisotopic (exact) mass is 772 g/mol. The number of rotatable bonds is 8. The lowest BCUT2D eigenvalue weighted by atomic mass is 10.00. The van der Waals surface area contributed by atoms with Crippen LogP contribution in [0.2, 0.25) is 0 Å². The number of halogens is 2. The molecule has 0 aliphatic carbocycles. The third kappa shape index (κ3) is 6.98. The fourth-order valence-electron chi connectivity index (χ4n) is 7.67. The summed E-state index contributed by atoms with van der Waals surface area (Å²) in [6.07, 6.45) is 3.28. The molecular formula is C39H42F2N8O7. The van der Waals surface area contributed by atoms with E-state index in [-0.39, 0.29) is 40.4 Å². The van der Waals surface area contributed by atoms with Gasteiger partial charge in [-0.1, -0.05) is 6.07 Å². The molecular weight excluding hydrogens is 730 g/mol. The average Bonchev–Trinajstić information content (AvgIpc) is 3.85. The lowest BCUT2D eigenvalue weighted by molar-refractivity contribution is -0.141. The van der Waals surface area contributed by atoms with Crippen LogP contribution in [0.3, 0.4) is 0 Å². The second-order valence-corrected chi connectivity index (χ2v) is 15.2. The minimum atomic E-state index is -1.16. The lowest BCUT2D eigenvalue weighted by Crippen LogP contribution is -2.40. The Balaban J connectivity index is 1.36. The van der Waals surface area contributed by atoms with Crippen molar-refractivity contribution in [2.45, 2.75) is 38.8 Å². The average molecular weight is 773 g/mol. The zero-order valence-corrected chi connectivity index (χ0v) is 31.8. The van der Waals surface area contributed by atoms with Crippen molar-refractivity contribution in [1.82, 2.24) is 29.9 Å². The number of likely N-dealkylation sites (tertiary alicyclic amines) is 1. The number of hydrogen-bond donors (Lipinski definition) is 3. The van der Waals surface area contributed by atoms with Gasteiger partial charge in [0.15, 0.2) is 11.6 Å². The van der Waals surface area contributed by atoms with Crippen LogP contribution in [0.4, 0.5) is 25.0 Å². The summed E-state index contributed by atoms with van der Waals surface area (Å²) in [4.78, 5) is 77.0. The molecule has 0 unspecified atom stereocenters. The number of anilines is 2. The molecule has 1 aromatic carbocycles. The summed E-state index contributed by atoms with van der Waals surface area (Å²) in [6, 6.07) is 7.42. The number of methoxy groups -OCH3 is 1. The molecule has 2 saturated heterocycles. The Kier molecular flexibility index (Phi) is 9.90. The third-order valence-corrected chi connectivity index (χ3v) is 10.3. The van der Waals surface area contributed by atoms with Crippen LogP contribution in [0.5, 0.6) is 0 Å². The van der Waals surface area contributed by atoms with E-state index in [2.05, 4.69) is 35.1 Å². The lowest BCUT2D eigenvalue weighted by Gasteiger charge is -2.29. The van der Waals surface area contributed by atoms with Crippen molar-refractivity contribution in [3.05, 3.63) is 70.3 Å². The molecule has 0 radical (unpaired) electrons. The molecule has 2 atom stereocenters. The maximum atomic E-state index is 16.3. The molecule has 5 aromatic rings. The van der Waals surface area contributed by atoms with Crippen LogP contribution in [0, 0.1) is 17.6 Å². The molecule has 2 aliphatic heterocycles. The van der Waals surface area contributed by atoms with Gasteiger partial charge >= 0.3 is 12.1 Å². The summed E-state index contributed by atoms with van der Waals surface area (Å²) >= 11 is 0. The second-order valence-electron chi connectivity index (χ2n) is 15.2. The minimum Gasteiger partial charge on any atom is -0.468 e. The van der Waals surface area contributed by atoms with E-state index in [1.165, 1.54) is 24.6 Å². The third-order valence-electron chi connectivity index (χ3n) is 10.3. The predicted octanol–water partition coefficient (Wildman–Crippen LogP) is 3.80. The second kappa shape index (κ2) is 14.5. The summed E-state index contributed by atoms with van der Waals surface area (Å²) in [6.45, 7) is 6.47. The van der Waals surface area contributed by atoms with Crippen molar-refractivity contribution in [2.24, 2.45) is 5.92 Å². The molecule has 7 rings (SSSR count). The number of amides is 3. The maximum Gasteiger partial charge on any atom is 0.414 e. The Hall–Kier alpha value is -6.10. The van der Waals surface area contributed by atoms with Crippen molar-refractivity contribution < 1.29 is 37.4 Å². The number of pyridine rings is 3. The van der Waals surface area contributed by atoms with Crippen molar-refractivity contribution >= 4 is 62.7 Å². The first-order valence-electron chi connectivity index (χ1n) is 18.1. The number of nitrogens with one attached hydrogen (secondary N) is 3. The van der Waals surface area contributed by atoms with Crippen molar-refractivity contribution in [3.63, 3.8) is 0 Å². The molecule has 56 heavy (non-hydrogen) atoms. The van der Waals surface area contributed by atoms with Crippen LogP contribution in [0.25, 0.3) is 38.6 Å². The molecule has 2 aliphatic rings. The fourth-order valence-corrected chi connectivity index (χ4v) is 7.67. The molecule has 0 saturated carbocycles. The van der Waals surface area contributed by atoms with Gasteiger partial charge in [-0.3, -0.25) is 28.5 Å². The maximum absolute atomic E-state index is 16.3. The van der Waals surface area contributed by atoms with Crippen LogP contribution in [0.1, 0.15) is 37.6 Å². The Morgan fingerprint density at radius 1 is 1.05 bits per heavy atom. The number of fused-ring (bicyclic) bond motifs is 5. The largest absolute Gasteiger partial charge is 0.468 e. The molecule has 15 nitrogen and oxygen atoms in total. The quantitative estimate of drug-likeness (QED) is 0.197. The number of nitrogens with zero attached hydrogens (tertiary/aromatic N) is 5. The van der Waals surface area contributed by atoms with Gasteiger partial charge in [-0.2, -0.15) is 0 Å². The zero-order valence-electron chi connectivity index (χ0n) is 31.8. The van der Waals surface area contributed by atoms with Crippen LogP contribution in [0.15, 0.2) is 47.5 Å². The summed E-state index contributed by atoms with van der Waals surface area (Å²) in [7, 11) is 4.64. The molecule has 6 heterocycles. The van der Waals surface area contributed by atoms with Crippen LogP contribution in [-0.2, 0) is 19.1 Å². The molecule has 294 valence electrons. The standard InChI is InChI=1S/C39H42F2N8O7/c1-39(2,3)56-38(54)47(5)26-13-25(40)32(41)30-31-34(48-12-11-21-17-46(4)19-27(21)48)24(14-43-35(31)45-33(26)30)20-7-8-22-9-10-23(37(53)49(22)18-20)36(52)44-15-28(50)42-16-29(51)55-6/h7-10,13-14,18,21,27H,11-12,15-17,19H2,1-6H3,(H,42,50)(H,43,45)(H,44,52)/t21-,27+/m0/s1. The zero-order chi connectivity index (χ0) is 40.2. The number of aromatic amines is 1. The summed E-state index contributed by atoms with van der Waals surface area (Å²) in [5, 5.41) is 4.94. The highest BCUT2D eigenvalue weighted by atomic mass is 19.2. The number of esters is 1. The highest BCUT2D eigenvalue weighted by Gasteiger charge is 2.42. The van der Waals surface area contributed by atoms with Crippen LogP contribution < -0.4 is 26.0 Å². The Bertz CT molecular complexity index is 2490. The number of carbonyl (C=O) groups is 4. The number of aromatic nitrogens is 3. The van der Waals surface area contributed by atoms with E-state index in [1.807, 2.05) is 7.05 Å². The Morgan fingerprint density at radius 3 is 2.54 bits per heavy atom. The molecule has 17 heteroatoms. The first-order chi connectivity index (χ1) is 26.6. The summed E-state index contributed by atoms with van der Waals surface area (Å²) in [5.74, 6) is -4.08. The molecule has 0 spiro atoms. The van der Waals surface area contributed by atoms with Gasteiger partial charge < -0.3 is 34.9 Å². The van der Waals surface area contributed by atoms with Gasteiger partial charge in [0.25, 0.3) is 11.5 Å². The molecule has 3 amide bonds. The summed E-state index contributed by atoms with van der Waals surface area (Å²) in [5.41, 5.74) is 0.829. The van der Waals surface area contributed by atoms with E-state index in [1.54, 1.807) is 51.4 Å². The number of ether oxygens (including phenoxy) is 2. The van der Waals surface area contributed by atoms with E-state index in [9.17, 15) is 24.0 Å². The highest BCUT2D eigenvalue weighted by Crippen LogP contribution is 2.47. The van der Waals surface area contributed by atoms with Crippen molar-refractivity contribution in [2.75, 3.05) is 63.7 Å². The smallest absolute Gasteiger partial charge is 0.414 e. The van der Waals surface area contributed by atoms with Gasteiger partial charge in [0.05, 0.1) is 41.3 Å². The van der Waals surface area contributed by atoms with Gasteiger partial charge in [-0.05, 0) is 58.4 Å². The number of H-pyrrole nitrogens is 1. The number of hydrogen-bond acceptors (Lipinski definition) is 10. The van der Waals surface area contributed by atoms with Gasteiger partial charge in [0, 0.05) is 67.8 Å². The fraction of sp³-hybridized carbons (Fsp3) is 0.385. The van der Waals surface area contributed by atoms with E-state index in [4.69, 9.17) is 4.74 Å². The normalized spacial score (nSPS) is 17.0. The molecule has 0 bridgehead atoms. The molecule has 2 fully saturated rings. The van der Waals surface area contributed by atoms with E-state index >= 15 is 8.78 Å². The number of benzene rings is 1. The SMILES string of the molecule is COC(=O)CNC(=O)CNC(=O)c1ccc2ccc(-c3cnc4[nH]c5c(N(C)C(=O)OC(C)(C)C)cc(F)c(F)c5c4c3N3CC[C@H]4CN(C)C[C@H]43)cn2c1=O. The van der Waals surface area contributed by atoms with Gasteiger partial charge in [-0.25, -0.2) is 18.6 Å². The summed E-state index contributed by atoms with van der Waals surface area (Å²) < 4.78 is 43.3. The van der Waals surface area contributed by atoms with Gasteiger partial charge in [-0.15, -0.1) is 0 Å². The molecule has 4 aromatic heterocycles. The number of likely N-dealkylation sites (N-methyl/N-ethyl adjacent to an activating group) is 1. The van der Waals surface area contributed by atoms with Crippen molar-refractivity contribution in [1.29, 1.82) is 0 Å². The van der Waals surface area contributed by atoms with Crippen LogP contribution >= 0.6 is 0 Å². The van der Waals surface area contributed by atoms with Crippen LogP contribution in [-0.4, -0.2) is 109 Å². The Morgan fingerprint density at radius 2 is 1.80 bits per heavy atom. The van der Waals surface area contributed by atoms with E-state index in [0.717, 1.165) is 30.5 Å². The van der Waals surface area contributed by atoms with Gasteiger partial charge in [0.1, 0.15) is 23.4 Å². The first kappa shape index (κ1) is 38.2. The number of carbonyl (C=O) groups excluding carboxylic acids is 4. The van der Waals surface area contributed by atoms with Gasteiger partial charge in [0.2, 0.25) is 5.91 Å². The van der Waals surface area contributed by atoms with E-state index < -0.39 is 53.2 Å². The molecule has 3 N–H and O–H groups in total. The topological polar surface area (TPSA) is 171 Å².